The maximum Gasteiger partial charge on any atom is 0.906 e. The molecule has 0 atom stereocenters. The SMILES string of the molecule is CC(C)[O][Al]([O]C(C)C)[O]C(C)C.O.O.O. The number of rotatable bonds is 6. The lowest BCUT2D eigenvalue weighted by Gasteiger charge is -2.19. The molecule has 0 bridgehead atoms. The van der Waals surface area contributed by atoms with E-state index >= 15 is 0 Å². The molecule has 6 N–H and O–H groups in total. The van der Waals surface area contributed by atoms with Crippen molar-refractivity contribution in [2.24, 2.45) is 0 Å². The molecule has 7 heteroatoms. The summed E-state index contributed by atoms with van der Waals surface area (Å²) in [6.07, 6.45) is 0.525. The Balaban J connectivity index is -0.000000240. The molecule has 0 radical (unpaired) electrons. The Labute approximate surface area is 103 Å². The summed E-state index contributed by atoms with van der Waals surface area (Å²) in [4.78, 5) is 0. The van der Waals surface area contributed by atoms with Gasteiger partial charge in [0.1, 0.15) is 0 Å². The molecule has 102 valence electrons. The molecule has 0 saturated heterocycles. The molecule has 0 unspecified atom stereocenters. The molecule has 0 fully saturated rings. The van der Waals surface area contributed by atoms with Crippen molar-refractivity contribution in [2.75, 3.05) is 0 Å². The summed E-state index contributed by atoms with van der Waals surface area (Å²) in [6, 6.07) is 0. The highest BCUT2D eigenvalue weighted by atomic mass is 27.3. The van der Waals surface area contributed by atoms with Gasteiger partial charge in [0, 0.05) is 18.3 Å². The first-order valence-corrected chi connectivity index (χ1v) is 6.29. The normalized spacial score (nSPS) is 9.56. The molecule has 16 heavy (non-hydrogen) atoms. The van der Waals surface area contributed by atoms with Crippen LogP contribution in [0.5, 0.6) is 0 Å². The van der Waals surface area contributed by atoms with E-state index in [-0.39, 0.29) is 34.7 Å². The monoisotopic (exact) mass is 258 g/mol. The molecule has 0 aliphatic carbocycles. The average molecular weight is 258 g/mol. The van der Waals surface area contributed by atoms with Gasteiger partial charge in [-0.3, -0.25) is 0 Å². The highest BCUT2D eigenvalue weighted by molar-refractivity contribution is 6.36. The fourth-order valence-corrected chi connectivity index (χ4v) is 2.29. The Morgan fingerprint density at radius 1 is 0.562 bits per heavy atom. The van der Waals surface area contributed by atoms with Gasteiger partial charge >= 0.3 is 15.1 Å². The Morgan fingerprint density at radius 2 is 0.750 bits per heavy atom. The van der Waals surface area contributed by atoms with Gasteiger partial charge in [-0.05, 0) is 41.5 Å². The standard InChI is InChI=1S/3C3H7O.Al.3H2O/c3*1-3(2)4;;;;/h3*3H,1-2H3;;3*1H2/q3*-1;+3;;;. The van der Waals surface area contributed by atoms with Crippen molar-refractivity contribution >= 4 is 15.1 Å². The van der Waals surface area contributed by atoms with E-state index in [1.807, 2.05) is 41.5 Å². The van der Waals surface area contributed by atoms with Crippen LogP contribution in [0, 0.1) is 0 Å². The third-order valence-corrected chi connectivity index (χ3v) is 3.45. The second-order valence-corrected chi connectivity index (χ2v) is 5.24. The molecule has 0 aliphatic rings. The molecule has 0 rings (SSSR count). The van der Waals surface area contributed by atoms with Crippen LogP contribution in [0.25, 0.3) is 0 Å². The minimum absolute atomic E-state index is 0. The second-order valence-electron chi connectivity index (χ2n) is 3.84. The Hall–Kier alpha value is 0.292. The van der Waals surface area contributed by atoms with Crippen LogP contribution in [0.2, 0.25) is 0 Å². The van der Waals surface area contributed by atoms with Gasteiger partial charge in [-0.15, -0.1) is 0 Å². The quantitative estimate of drug-likeness (QED) is 0.611. The first-order valence-electron chi connectivity index (χ1n) is 4.88. The van der Waals surface area contributed by atoms with Gasteiger partial charge < -0.3 is 27.8 Å². The van der Waals surface area contributed by atoms with Gasteiger partial charge in [0.2, 0.25) is 0 Å². The highest BCUT2D eigenvalue weighted by Gasteiger charge is 2.34. The lowest BCUT2D eigenvalue weighted by molar-refractivity contribution is 0.0335. The van der Waals surface area contributed by atoms with Gasteiger partial charge in [-0.1, -0.05) is 0 Å². The van der Waals surface area contributed by atoms with E-state index in [1.54, 1.807) is 0 Å². The van der Waals surface area contributed by atoms with Crippen LogP contribution < -0.4 is 0 Å². The van der Waals surface area contributed by atoms with Crippen LogP contribution in [0.1, 0.15) is 41.5 Å². The van der Waals surface area contributed by atoms with Crippen LogP contribution in [0.3, 0.4) is 0 Å². The summed E-state index contributed by atoms with van der Waals surface area (Å²) in [5.41, 5.74) is 0. The maximum atomic E-state index is 5.57. The molecule has 0 heterocycles. The van der Waals surface area contributed by atoms with Crippen molar-refractivity contribution < 1.29 is 27.8 Å². The fourth-order valence-electron chi connectivity index (χ4n) is 0.763. The molecule has 0 saturated carbocycles. The van der Waals surface area contributed by atoms with E-state index in [2.05, 4.69) is 0 Å². The smallest absolute Gasteiger partial charge is 0.452 e. The Bertz CT molecular complexity index is 107. The third-order valence-electron chi connectivity index (χ3n) is 1.15. The lowest BCUT2D eigenvalue weighted by Crippen LogP contribution is -2.34. The van der Waals surface area contributed by atoms with E-state index in [4.69, 9.17) is 11.4 Å². The van der Waals surface area contributed by atoms with Crippen molar-refractivity contribution in [3.8, 4) is 0 Å². The van der Waals surface area contributed by atoms with E-state index in [9.17, 15) is 0 Å². The van der Waals surface area contributed by atoms with Crippen molar-refractivity contribution in [3.05, 3.63) is 0 Å². The summed E-state index contributed by atoms with van der Waals surface area (Å²) in [7, 11) is 0. The van der Waals surface area contributed by atoms with E-state index in [1.165, 1.54) is 0 Å². The summed E-state index contributed by atoms with van der Waals surface area (Å²) in [5.74, 6) is 0. The topological polar surface area (TPSA) is 122 Å². The molecular weight excluding hydrogens is 231 g/mol. The first-order chi connectivity index (χ1) is 5.91. The van der Waals surface area contributed by atoms with Gasteiger partial charge in [0.15, 0.2) is 0 Å². The van der Waals surface area contributed by atoms with Crippen molar-refractivity contribution in [1.82, 2.24) is 0 Å². The zero-order chi connectivity index (χ0) is 10.4. The van der Waals surface area contributed by atoms with Crippen LogP contribution in [-0.4, -0.2) is 49.9 Å². The molecular formula is C9H27AlO6. The summed E-state index contributed by atoms with van der Waals surface area (Å²) in [5, 5.41) is 0. The summed E-state index contributed by atoms with van der Waals surface area (Å²) >= 11 is -1.91. The van der Waals surface area contributed by atoms with Gasteiger partial charge in [-0.25, -0.2) is 0 Å². The predicted molar refractivity (Wildman–Crippen MR) is 65.3 cm³/mol. The summed E-state index contributed by atoms with van der Waals surface area (Å²) in [6.45, 7) is 12.0. The van der Waals surface area contributed by atoms with Crippen LogP contribution in [-0.2, 0) is 11.4 Å². The first kappa shape index (κ1) is 25.2. The predicted octanol–water partition coefficient (Wildman–Crippen LogP) is -0.228. The van der Waals surface area contributed by atoms with Gasteiger partial charge in [0.05, 0.1) is 0 Å². The van der Waals surface area contributed by atoms with Gasteiger partial charge in [-0.2, -0.15) is 0 Å². The fraction of sp³-hybridized carbons (Fsp3) is 1.00. The van der Waals surface area contributed by atoms with Crippen molar-refractivity contribution in [2.45, 2.75) is 59.9 Å². The number of hydrogen-bond acceptors (Lipinski definition) is 3. The molecule has 0 amide bonds. The van der Waals surface area contributed by atoms with E-state index < -0.39 is 15.1 Å². The van der Waals surface area contributed by atoms with Crippen LogP contribution >= 0.6 is 0 Å². The Morgan fingerprint density at radius 3 is 0.875 bits per heavy atom. The van der Waals surface area contributed by atoms with Gasteiger partial charge in [0.25, 0.3) is 0 Å². The minimum atomic E-state index is -1.91. The van der Waals surface area contributed by atoms with E-state index in [0.717, 1.165) is 0 Å². The molecule has 0 aromatic heterocycles. The minimum Gasteiger partial charge on any atom is -0.452 e. The van der Waals surface area contributed by atoms with E-state index in [0.29, 0.717) is 0 Å². The van der Waals surface area contributed by atoms with Crippen LogP contribution in [0.15, 0.2) is 0 Å². The van der Waals surface area contributed by atoms with Crippen LogP contribution in [0.4, 0.5) is 0 Å². The van der Waals surface area contributed by atoms with Crippen molar-refractivity contribution in [3.63, 3.8) is 0 Å². The lowest BCUT2D eigenvalue weighted by atomic mass is 10.5. The zero-order valence-electron chi connectivity index (χ0n) is 11.0. The molecule has 0 spiro atoms. The zero-order valence-corrected chi connectivity index (χ0v) is 12.2. The summed E-state index contributed by atoms with van der Waals surface area (Å²) < 4.78 is 16.7. The maximum absolute atomic E-state index is 5.57. The molecule has 0 aromatic rings. The average Bonchev–Trinajstić information content (AvgIpc) is 1.80. The number of hydrogen-bond donors (Lipinski definition) is 0. The third kappa shape index (κ3) is 16.7. The Kier molecular flexibility index (Phi) is 21.1. The highest BCUT2D eigenvalue weighted by Crippen LogP contribution is 2.04. The van der Waals surface area contributed by atoms with Crippen molar-refractivity contribution in [1.29, 1.82) is 0 Å². The molecule has 6 nitrogen and oxygen atoms in total. The molecule has 0 aromatic carbocycles. The second kappa shape index (κ2) is 13.4. The molecule has 0 aliphatic heterocycles. The largest absolute Gasteiger partial charge is 0.906 e.